The normalized spacial score (nSPS) is 46.6. The molecule has 1 aliphatic carbocycles. The van der Waals surface area contributed by atoms with Crippen LogP contribution in [0.2, 0.25) is 0 Å². The predicted octanol–water partition coefficient (Wildman–Crippen LogP) is 1.68. The van der Waals surface area contributed by atoms with Crippen molar-refractivity contribution in [2.75, 3.05) is 6.54 Å². The Labute approximate surface area is 80.7 Å². The van der Waals surface area contributed by atoms with Crippen molar-refractivity contribution in [2.45, 2.75) is 57.1 Å². The topological polar surface area (TPSA) is 32.3 Å². The number of rotatable bonds is 1. The van der Waals surface area contributed by atoms with Crippen LogP contribution in [0.3, 0.4) is 0 Å². The molecule has 2 aliphatic rings. The van der Waals surface area contributed by atoms with E-state index >= 15 is 0 Å². The molecule has 1 saturated heterocycles. The molecule has 2 fully saturated rings. The predicted molar refractivity (Wildman–Crippen MR) is 53.6 cm³/mol. The second kappa shape index (κ2) is 3.58. The first-order valence-corrected chi connectivity index (χ1v) is 5.69. The molecule has 2 nitrogen and oxygen atoms in total. The molecule has 2 rings (SSSR count). The van der Waals surface area contributed by atoms with Crippen LogP contribution in [0, 0.1) is 5.92 Å². The summed E-state index contributed by atoms with van der Waals surface area (Å²) in [5.41, 5.74) is -0.371. The van der Waals surface area contributed by atoms with E-state index in [9.17, 15) is 5.11 Å². The summed E-state index contributed by atoms with van der Waals surface area (Å²) in [6.45, 7) is 3.27. The summed E-state index contributed by atoms with van der Waals surface area (Å²) >= 11 is 0. The van der Waals surface area contributed by atoms with E-state index < -0.39 is 0 Å². The molecule has 2 N–H and O–H groups in total. The van der Waals surface area contributed by atoms with E-state index in [0.29, 0.717) is 12.0 Å². The molecule has 13 heavy (non-hydrogen) atoms. The van der Waals surface area contributed by atoms with E-state index in [1.165, 1.54) is 32.1 Å². The van der Waals surface area contributed by atoms with Crippen LogP contribution < -0.4 is 5.32 Å². The number of hydrogen-bond acceptors (Lipinski definition) is 2. The first-order valence-electron chi connectivity index (χ1n) is 5.69. The zero-order valence-corrected chi connectivity index (χ0v) is 8.55. The average Bonchev–Trinajstić information content (AvgIpc) is 2.42. The Balaban J connectivity index is 1.97. The van der Waals surface area contributed by atoms with Crippen molar-refractivity contribution in [2.24, 2.45) is 5.92 Å². The standard InChI is InChI=1S/C11H21NO/c1-9-6-7-11(9,13)10-5-3-2-4-8-12-10/h9-10,12-13H,2-8H2,1H3. The molecule has 0 bridgehead atoms. The van der Waals surface area contributed by atoms with Crippen molar-refractivity contribution in [3.05, 3.63) is 0 Å². The Morgan fingerprint density at radius 2 is 2.08 bits per heavy atom. The van der Waals surface area contributed by atoms with Gasteiger partial charge in [0, 0.05) is 6.04 Å². The van der Waals surface area contributed by atoms with Gasteiger partial charge < -0.3 is 10.4 Å². The second-order valence-electron chi connectivity index (χ2n) is 4.79. The summed E-state index contributed by atoms with van der Waals surface area (Å²) in [5.74, 6) is 0.503. The smallest absolute Gasteiger partial charge is 0.0825 e. The van der Waals surface area contributed by atoms with Gasteiger partial charge in [0.05, 0.1) is 5.60 Å². The lowest BCUT2D eigenvalue weighted by Crippen LogP contribution is -2.59. The Morgan fingerprint density at radius 3 is 2.69 bits per heavy atom. The van der Waals surface area contributed by atoms with E-state index in [1.807, 2.05) is 0 Å². The Kier molecular flexibility index (Phi) is 2.61. The summed E-state index contributed by atoms with van der Waals surface area (Å²) in [6, 6.07) is 0.374. The van der Waals surface area contributed by atoms with E-state index in [4.69, 9.17) is 0 Å². The third-order valence-corrected chi connectivity index (χ3v) is 3.99. The van der Waals surface area contributed by atoms with Gasteiger partial charge in [0.15, 0.2) is 0 Å². The number of nitrogens with one attached hydrogen (secondary N) is 1. The highest BCUT2D eigenvalue weighted by molar-refractivity contribution is 5.02. The minimum absolute atomic E-state index is 0.371. The van der Waals surface area contributed by atoms with Gasteiger partial charge in [-0.15, -0.1) is 0 Å². The molecule has 3 unspecified atom stereocenters. The molecule has 1 heterocycles. The maximum atomic E-state index is 10.4. The van der Waals surface area contributed by atoms with Gasteiger partial charge in [0.25, 0.3) is 0 Å². The quantitative estimate of drug-likeness (QED) is 0.648. The molecule has 0 amide bonds. The molecular weight excluding hydrogens is 162 g/mol. The lowest BCUT2D eigenvalue weighted by atomic mass is 9.65. The van der Waals surface area contributed by atoms with Crippen LogP contribution in [0.15, 0.2) is 0 Å². The third-order valence-electron chi connectivity index (χ3n) is 3.99. The average molecular weight is 183 g/mol. The van der Waals surface area contributed by atoms with Crippen LogP contribution in [0.4, 0.5) is 0 Å². The SMILES string of the molecule is CC1CCC1(O)C1CCCCCN1. The molecule has 3 atom stereocenters. The van der Waals surface area contributed by atoms with Crippen LogP contribution in [-0.2, 0) is 0 Å². The van der Waals surface area contributed by atoms with Gasteiger partial charge in [-0.2, -0.15) is 0 Å². The van der Waals surface area contributed by atoms with Crippen LogP contribution in [0.1, 0.15) is 45.4 Å². The molecule has 0 aromatic carbocycles. The van der Waals surface area contributed by atoms with Gasteiger partial charge in [-0.25, -0.2) is 0 Å². The molecule has 0 radical (unpaired) electrons. The summed E-state index contributed by atoms with van der Waals surface area (Å²) in [4.78, 5) is 0. The molecule has 2 heteroatoms. The van der Waals surface area contributed by atoms with Crippen molar-refractivity contribution in [3.63, 3.8) is 0 Å². The van der Waals surface area contributed by atoms with Crippen LogP contribution in [-0.4, -0.2) is 23.3 Å². The Morgan fingerprint density at radius 1 is 1.23 bits per heavy atom. The summed E-state index contributed by atoms with van der Waals surface area (Å²) < 4.78 is 0. The zero-order valence-electron chi connectivity index (χ0n) is 8.55. The van der Waals surface area contributed by atoms with E-state index in [1.54, 1.807) is 0 Å². The molecular formula is C11H21NO. The largest absolute Gasteiger partial charge is 0.388 e. The van der Waals surface area contributed by atoms with Gasteiger partial charge in [-0.3, -0.25) is 0 Å². The maximum absolute atomic E-state index is 10.4. The van der Waals surface area contributed by atoms with Crippen molar-refractivity contribution < 1.29 is 5.11 Å². The molecule has 0 aromatic heterocycles. The zero-order chi connectivity index (χ0) is 9.31. The second-order valence-corrected chi connectivity index (χ2v) is 4.79. The highest BCUT2D eigenvalue weighted by Gasteiger charge is 2.47. The van der Waals surface area contributed by atoms with Crippen LogP contribution >= 0.6 is 0 Å². The van der Waals surface area contributed by atoms with Crippen LogP contribution in [0.25, 0.3) is 0 Å². The molecule has 1 saturated carbocycles. The molecule has 0 aromatic rings. The van der Waals surface area contributed by atoms with Crippen molar-refractivity contribution in [3.8, 4) is 0 Å². The fraction of sp³-hybridized carbons (Fsp3) is 1.00. The van der Waals surface area contributed by atoms with Crippen molar-refractivity contribution in [1.29, 1.82) is 0 Å². The first-order chi connectivity index (χ1) is 6.23. The minimum atomic E-state index is -0.371. The van der Waals surface area contributed by atoms with E-state index in [2.05, 4.69) is 12.2 Å². The highest BCUT2D eigenvalue weighted by Crippen LogP contribution is 2.42. The fourth-order valence-corrected chi connectivity index (χ4v) is 2.70. The van der Waals surface area contributed by atoms with Gasteiger partial charge in [0.1, 0.15) is 0 Å². The lowest BCUT2D eigenvalue weighted by molar-refractivity contribution is -0.114. The monoisotopic (exact) mass is 183 g/mol. The number of aliphatic hydroxyl groups is 1. The van der Waals surface area contributed by atoms with Gasteiger partial charge in [-0.05, 0) is 38.1 Å². The fourth-order valence-electron chi connectivity index (χ4n) is 2.70. The first kappa shape index (κ1) is 9.47. The summed E-state index contributed by atoms with van der Waals surface area (Å²) in [7, 11) is 0. The van der Waals surface area contributed by atoms with Gasteiger partial charge in [-0.1, -0.05) is 19.8 Å². The van der Waals surface area contributed by atoms with E-state index in [0.717, 1.165) is 13.0 Å². The molecule has 76 valence electrons. The highest BCUT2D eigenvalue weighted by atomic mass is 16.3. The Bertz CT molecular complexity index is 175. The third kappa shape index (κ3) is 1.62. The lowest BCUT2D eigenvalue weighted by Gasteiger charge is -2.49. The minimum Gasteiger partial charge on any atom is -0.388 e. The summed E-state index contributed by atoms with van der Waals surface area (Å²) in [5, 5.41) is 13.9. The number of hydrogen-bond donors (Lipinski definition) is 2. The van der Waals surface area contributed by atoms with Crippen LogP contribution in [0.5, 0.6) is 0 Å². The van der Waals surface area contributed by atoms with Gasteiger partial charge >= 0.3 is 0 Å². The van der Waals surface area contributed by atoms with Gasteiger partial charge in [0.2, 0.25) is 0 Å². The summed E-state index contributed by atoms with van der Waals surface area (Å²) in [6.07, 6.45) is 7.27. The molecule has 0 spiro atoms. The maximum Gasteiger partial charge on any atom is 0.0825 e. The van der Waals surface area contributed by atoms with Crippen molar-refractivity contribution in [1.82, 2.24) is 5.32 Å². The molecule has 1 aliphatic heterocycles. The Hall–Kier alpha value is -0.0800. The van der Waals surface area contributed by atoms with Crippen molar-refractivity contribution >= 4 is 0 Å². The van der Waals surface area contributed by atoms with E-state index in [-0.39, 0.29) is 5.60 Å².